The van der Waals surface area contributed by atoms with Gasteiger partial charge in [-0.15, -0.1) is 0 Å². The van der Waals surface area contributed by atoms with Crippen LogP contribution in [0.25, 0.3) is 0 Å². The Hall–Kier alpha value is -1.05. The van der Waals surface area contributed by atoms with Crippen molar-refractivity contribution < 1.29 is 10.2 Å². The van der Waals surface area contributed by atoms with Gasteiger partial charge >= 0.3 is 0 Å². The van der Waals surface area contributed by atoms with Crippen LogP contribution in [-0.4, -0.2) is 45.2 Å². The fourth-order valence-corrected chi connectivity index (χ4v) is 1.42. The molecule has 0 unspecified atom stereocenters. The van der Waals surface area contributed by atoms with Crippen LogP contribution in [0.3, 0.4) is 0 Å². The molecule has 7 heteroatoms. The van der Waals surface area contributed by atoms with E-state index < -0.39 is 5.54 Å². The molecule has 90 valence electrons. The Bertz CT molecular complexity index is 357. The summed E-state index contributed by atoms with van der Waals surface area (Å²) in [5, 5.41) is 21.7. The van der Waals surface area contributed by atoms with E-state index in [-0.39, 0.29) is 13.2 Å². The highest BCUT2D eigenvalue weighted by Gasteiger charge is 2.22. The molecule has 0 aliphatic heterocycles. The van der Waals surface area contributed by atoms with E-state index >= 15 is 0 Å². The Morgan fingerprint density at radius 1 is 1.44 bits per heavy atom. The minimum atomic E-state index is -0.823. The van der Waals surface area contributed by atoms with Crippen molar-refractivity contribution in [1.29, 1.82) is 0 Å². The van der Waals surface area contributed by atoms with Crippen molar-refractivity contribution in [1.82, 2.24) is 9.97 Å². The predicted octanol–water partition coefficient (Wildman–Crippen LogP) is -0.0641. The molecule has 1 rings (SSSR count). The number of rotatable bonds is 5. The van der Waals surface area contributed by atoms with Crippen LogP contribution in [-0.2, 0) is 0 Å². The molecule has 1 aromatic heterocycles. The van der Waals surface area contributed by atoms with Gasteiger partial charge in [-0.05, 0) is 13.2 Å². The molecule has 0 bridgehead atoms. The molecule has 1 aromatic rings. The summed E-state index contributed by atoms with van der Waals surface area (Å²) in [7, 11) is 0. The van der Waals surface area contributed by atoms with E-state index in [1.807, 2.05) is 6.26 Å². The summed E-state index contributed by atoms with van der Waals surface area (Å²) in [5.41, 5.74) is 4.78. The molecule has 6 nitrogen and oxygen atoms in total. The van der Waals surface area contributed by atoms with E-state index in [1.165, 1.54) is 11.8 Å². The zero-order valence-electron chi connectivity index (χ0n) is 9.27. The van der Waals surface area contributed by atoms with E-state index in [4.69, 9.17) is 15.9 Å². The lowest BCUT2D eigenvalue weighted by Gasteiger charge is -2.26. The second-order valence-corrected chi connectivity index (χ2v) is 4.44. The lowest BCUT2D eigenvalue weighted by molar-refractivity contribution is 0.147. The van der Waals surface area contributed by atoms with E-state index in [2.05, 4.69) is 15.3 Å². The molecular weight excluding hydrogens is 228 g/mol. The number of nitrogens with two attached hydrogens (primary N) is 1. The second kappa shape index (κ2) is 5.33. The molecule has 0 fully saturated rings. The average Bonchev–Trinajstić information content (AvgIpc) is 2.28. The summed E-state index contributed by atoms with van der Waals surface area (Å²) >= 11 is 1.37. The zero-order valence-corrected chi connectivity index (χ0v) is 10.1. The molecular formula is C9H16N4O2S. The smallest absolute Gasteiger partial charge is 0.191 e. The highest BCUT2D eigenvalue weighted by atomic mass is 32.2. The second-order valence-electron chi connectivity index (χ2n) is 3.67. The fourth-order valence-electron chi connectivity index (χ4n) is 1.04. The van der Waals surface area contributed by atoms with Crippen LogP contribution in [0, 0.1) is 0 Å². The number of nitrogens with zero attached hydrogens (tertiary/aromatic N) is 2. The third-order valence-corrected chi connectivity index (χ3v) is 2.58. The zero-order chi connectivity index (χ0) is 12.2. The van der Waals surface area contributed by atoms with Gasteiger partial charge in [0.15, 0.2) is 5.16 Å². The maximum Gasteiger partial charge on any atom is 0.191 e. The van der Waals surface area contributed by atoms with Crippen LogP contribution in [0.4, 0.5) is 11.6 Å². The van der Waals surface area contributed by atoms with Crippen molar-refractivity contribution in [3.8, 4) is 0 Å². The lowest BCUT2D eigenvalue weighted by atomic mass is 10.1. The monoisotopic (exact) mass is 244 g/mol. The Morgan fingerprint density at radius 2 is 2.06 bits per heavy atom. The third-order valence-electron chi connectivity index (χ3n) is 2.04. The highest BCUT2D eigenvalue weighted by molar-refractivity contribution is 7.98. The summed E-state index contributed by atoms with van der Waals surface area (Å²) < 4.78 is 0. The van der Waals surface area contributed by atoms with Gasteiger partial charge in [-0.3, -0.25) is 0 Å². The molecule has 0 radical (unpaired) electrons. The van der Waals surface area contributed by atoms with E-state index in [9.17, 15) is 0 Å². The molecule has 0 saturated carbocycles. The van der Waals surface area contributed by atoms with E-state index in [0.717, 1.165) is 0 Å². The maximum atomic E-state index is 9.14. The Balaban J connectivity index is 2.92. The number of nitrogen functional groups attached to an aromatic ring is 1. The van der Waals surface area contributed by atoms with Crippen molar-refractivity contribution in [3.63, 3.8) is 0 Å². The summed E-state index contributed by atoms with van der Waals surface area (Å²) in [5.74, 6) is 0.836. The molecule has 0 aliphatic carbocycles. The molecule has 0 aliphatic rings. The van der Waals surface area contributed by atoms with Crippen LogP contribution >= 0.6 is 11.8 Å². The number of thioether (sulfide) groups is 1. The van der Waals surface area contributed by atoms with Crippen molar-refractivity contribution in [2.75, 3.05) is 30.5 Å². The average molecular weight is 244 g/mol. The lowest BCUT2D eigenvalue weighted by Crippen LogP contribution is -2.42. The van der Waals surface area contributed by atoms with Crippen LogP contribution in [0.1, 0.15) is 6.92 Å². The standard InChI is InChI=1S/C9H16N4O2S/c1-9(4-14,5-15)13-7-3-6(10)11-8(12-7)16-2/h3,14-15H,4-5H2,1-2H3,(H3,10,11,12,13). The largest absolute Gasteiger partial charge is 0.394 e. The summed E-state index contributed by atoms with van der Waals surface area (Å²) in [6.07, 6.45) is 1.84. The molecule has 0 saturated heterocycles. The first-order valence-electron chi connectivity index (χ1n) is 4.71. The van der Waals surface area contributed by atoms with Crippen molar-refractivity contribution in [3.05, 3.63) is 6.07 Å². The van der Waals surface area contributed by atoms with Gasteiger partial charge in [-0.25, -0.2) is 9.97 Å². The number of anilines is 2. The minimum absolute atomic E-state index is 0.206. The summed E-state index contributed by atoms with van der Waals surface area (Å²) in [6.45, 7) is 1.27. The Kier molecular flexibility index (Phi) is 4.34. The molecule has 0 amide bonds. The van der Waals surface area contributed by atoms with Gasteiger partial charge in [0.05, 0.1) is 18.8 Å². The van der Waals surface area contributed by atoms with Crippen molar-refractivity contribution >= 4 is 23.4 Å². The highest BCUT2D eigenvalue weighted by Crippen LogP contribution is 2.18. The molecule has 0 atom stereocenters. The maximum absolute atomic E-state index is 9.14. The fraction of sp³-hybridized carbons (Fsp3) is 0.556. The van der Waals surface area contributed by atoms with Crippen LogP contribution in [0.5, 0.6) is 0 Å². The normalized spacial score (nSPS) is 11.5. The topological polar surface area (TPSA) is 104 Å². The Morgan fingerprint density at radius 3 is 2.56 bits per heavy atom. The molecule has 16 heavy (non-hydrogen) atoms. The number of hydrogen-bond acceptors (Lipinski definition) is 7. The number of hydrogen-bond donors (Lipinski definition) is 4. The SMILES string of the molecule is CSc1nc(N)cc(NC(C)(CO)CO)n1. The Labute approximate surface area is 98.3 Å². The van der Waals surface area contributed by atoms with Crippen LogP contribution in [0.15, 0.2) is 11.2 Å². The molecule has 5 N–H and O–H groups in total. The quantitative estimate of drug-likeness (QED) is 0.425. The van der Waals surface area contributed by atoms with E-state index in [0.29, 0.717) is 16.8 Å². The van der Waals surface area contributed by atoms with Gasteiger partial charge in [-0.1, -0.05) is 11.8 Å². The van der Waals surface area contributed by atoms with Gasteiger partial charge in [0, 0.05) is 6.07 Å². The number of aromatic nitrogens is 2. The molecule has 0 spiro atoms. The van der Waals surface area contributed by atoms with Crippen LogP contribution in [0.2, 0.25) is 0 Å². The number of aliphatic hydroxyl groups is 2. The molecule has 1 heterocycles. The van der Waals surface area contributed by atoms with Gasteiger partial charge in [0.2, 0.25) is 0 Å². The van der Waals surface area contributed by atoms with Gasteiger partial charge in [0.1, 0.15) is 11.6 Å². The van der Waals surface area contributed by atoms with Gasteiger partial charge in [-0.2, -0.15) is 0 Å². The number of nitrogens with one attached hydrogen (secondary N) is 1. The van der Waals surface area contributed by atoms with Gasteiger partial charge in [0.25, 0.3) is 0 Å². The first-order valence-corrected chi connectivity index (χ1v) is 5.94. The minimum Gasteiger partial charge on any atom is -0.394 e. The van der Waals surface area contributed by atoms with Gasteiger partial charge < -0.3 is 21.3 Å². The third kappa shape index (κ3) is 3.22. The summed E-state index contributed by atoms with van der Waals surface area (Å²) in [4.78, 5) is 8.17. The van der Waals surface area contributed by atoms with Crippen LogP contribution < -0.4 is 11.1 Å². The predicted molar refractivity (Wildman–Crippen MR) is 64.4 cm³/mol. The molecule has 0 aromatic carbocycles. The van der Waals surface area contributed by atoms with Crippen molar-refractivity contribution in [2.24, 2.45) is 0 Å². The van der Waals surface area contributed by atoms with E-state index in [1.54, 1.807) is 13.0 Å². The van der Waals surface area contributed by atoms with Crippen molar-refractivity contribution in [2.45, 2.75) is 17.6 Å². The first kappa shape index (κ1) is 13.0. The first-order chi connectivity index (χ1) is 7.53. The summed E-state index contributed by atoms with van der Waals surface area (Å²) in [6, 6.07) is 1.56. The number of aliphatic hydroxyl groups excluding tert-OH is 2.